The number of nitrogens with one attached hydrogen (secondary N) is 1. The van der Waals surface area contributed by atoms with Gasteiger partial charge in [-0.1, -0.05) is 43.7 Å². The van der Waals surface area contributed by atoms with Crippen molar-refractivity contribution in [1.29, 1.82) is 0 Å². The number of anilines is 1. The van der Waals surface area contributed by atoms with Gasteiger partial charge in [-0.2, -0.15) is 4.37 Å². The molecule has 1 atom stereocenters. The van der Waals surface area contributed by atoms with Crippen molar-refractivity contribution in [2.24, 2.45) is 0 Å². The fourth-order valence-corrected chi connectivity index (χ4v) is 4.69. The number of benzene rings is 1. The summed E-state index contributed by atoms with van der Waals surface area (Å²) in [4.78, 5) is 21.9. The molecule has 0 spiro atoms. The third-order valence-electron chi connectivity index (χ3n) is 6.16. The van der Waals surface area contributed by atoms with Crippen LogP contribution in [0.15, 0.2) is 47.1 Å². The van der Waals surface area contributed by atoms with Crippen molar-refractivity contribution in [3.05, 3.63) is 65.4 Å². The number of nitrogens with zero attached hydrogens (tertiary/aromatic N) is 4. The number of carbonyl (C=O) groups is 1. The molecule has 0 radical (unpaired) electrons. The molecule has 7 nitrogen and oxygen atoms in total. The molecule has 3 aromatic rings. The first-order chi connectivity index (χ1) is 17.0. The average Bonchev–Trinajstić information content (AvgIpc) is 3.53. The van der Waals surface area contributed by atoms with E-state index in [1.54, 1.807) is 6.26 Å². The predicted octanol–water partition coefficient (Wildman–Crippen LogP) is 5.05. The predicted molar refractivity (Wildman–Crippen MR) is 143 cm³/mol. The molecule has 1 aromatic carbocycles. The zero-order chi connectivity index (χ0) is 25.0. The lowest BCUT2D eigenvalue weighted by molar-refractivity contribution is -0.121. The molecule has 0 aliphatic carbocycles. The SMILES string of the molecule is CCN(CC)CCCC(C)NC(=O)CCN(Cc1ccco1)c1nc(Cc2ccc(C)cc2)ns1. The first-order valence-corrected chi connectivity index (χ1v) is 13.4. The second kappa shape index (κ2) is 14.0. The Bertz CT molecular complexity index is 999. The summed E-state index contributed by atoms with van der Waals surface area (Å²) in [5, 5.41) is 3.97. The normalized spacial score (nSPS) is 12.1. The van der Waals surface area contributed by atoms with Crippen LogP contribution < -0.4 is 10.2 Å². The van der Waals surface area contributed by atoms with Gasteiger partial charge in [0.15, 0.2) is 0 Å². The van der Waals surface area contributed by atoms with Gasteiger partial charge >= 0.3 is 0 Å². The van der Waals surface area contributed by atoms with Crippen LogP contribution in [0.4, 0.5) is 5.13 Å². The number of rotatable bonds is 15. The van der Waals surface area contributed by atoms with Crippen molar-refractivity contribution in [1.82, 2.24) is 19.6 Å². The molecule has 2 heterocycles. The lowest BCUT2D eigenvalue weighted by Gasteiger charge is -2.22. The second-order valence-electron chi connectivity index (χ2n) is 9.04. The van der Waals surface area contributed by atoms with Gasteiger partial charge in [-0.15, -0.1) is 0 Å². The van der Waals surface area contributed by atoms with E-state index in [0.717, 1.165) is 49.2 Å². The van der Waals surface area contributed by atoms with Crippen LogP contribution in [0.25, 0.3) is 0 Å². The Morgan fingerprint density at radius 3 is 2.60 bits per heavy atom. The van der Waals surface area contributed by atoms with Crippen molar-refractivity contribution in [2.75, 3.05) is 31.1 Å². The lowest BCUT2D eigenvalue weighted by Crippen LogP contribution is -2.36. The number of carbonyl (C=O) groups excluding carboxylic acids is 1. The summed E-state index contributed by atoms with van der Waals surface area (Å²) in [6.07, 6.45) is 4.83. The molecule has 1 unspecified atom stereocenters. The molecule has 0 aliphatic heterocycles. The van der Waals surface area contributed by atoms with Gasteiger partial charge in [0, 0.05) is 37.0 Å². The van der Waals surface area contributed by atoms with E-state index in [4.69, 9.17) is 9.40 Å². The highest BCUT2D eigenvalue weighted by Gasteiger charge is 2.17. The molecule has 0 saturated carbocycles. The summed E-state index contributed by atoms with van der Waals surface area (Å²) in [6, 6.07) is 12.4. The highest BCUT2D eigenvalue weighted by Crippen LogP contribution is 2.22. The van der Waals surface area contributed by atoms with E-state index in [9.17, 15) is 4.79 Å². The maximum absolute atomic E-state index is 12.7. The maximum atomic E-state index is 12.7. The molecule has 2 aromatic heterocycles. The van der Waals surface area contributed by atoms with Crippen molar-refractivity contribution in [3.8, 4) is 0 Å². The lowest BCUT2D eigenvalue weighted by atomic mass is 10.1. The van der Waals surface area contributed by atoms with E-state index in [-0.39, 0.29) is 11.9 Å². The van der Waals surface area contributed by atoms with E-state index in [0.29, 0.717) is 25.9 Å². The summed E-state index contributed by atoms with van der Waals surface area (Å²) >= 11 is 1.37. The first-order valence-electron chi connectivity index (χ1n) is 12.6. The van der Waals surface area contributed by atoms with Crippen LogP contribution in [-0.2, 0) is 17.8 Å². The minimum absolute atomic E-state index is 0.0641. The molecule has 0 fully saturated rings. The van der Waals surface area contributed by atoms with Gasteiger partial charge in [0.05, 0.1) is 12.8 Å². The highest BCUT2D eigenvalue weighted by molar-refractivity contribution is 7.09. The largest absolute Gasteiger partial charge is 0.467 e. The average molecular weight is 498 g/mol. The molecule has 0 saturated heterocycles. The van der Waals surface area contributed by atoms with E-state index < -0.39 is 0 Å². The van der Waals surface area contributed by atoms with Crippen LogP contribution in [0.2, 0.25) is 0 Å². The minimum Gasteiger partial charge on any atom is -0.467 e. The molecular weight excluding hydrogens is 458 g/mol. The Hall–Kier alpha value is -2.71. The van der Waals surface area contributed by atoms with E-state index in [1.807, 2.05) is 12.1 Å². The quantitative estimate of drug-likeness (QED) is 0.317. The smallest absolute Gasteiger partial charge is 0.221 e. The van der Waals surface area contributed by atoms with Crippen LogP contribution in [0.1, 0.15) is 62.7 Å². The molecule has 1 amide bonds. The van der Waals surface area contributed by atoms with Gasteiger partial charge < -0.3 is 19.5 Å². The summed E-state index contributed by atoms with van der Waals surface area (Å²) in [7, 11) is 0. The molecule has 8 heteroatoms. The van der Waals surface area contributed by atoms with Crippen LogP contribution in [0.5, 0.6) is 0 Å². The van der Waals surface area contributed by atoms with Crippen molar-refractivity contribution in [2.45, 2.75) is 66.0 Å². The Kier molecular flexibility index (Phi) is 10.8. The van der Waals surface area contributed by atoms with Crippen molar-refractivity contribution in [3.63, 3.8) is 0 Å². The number of furan rings is 1. The number of aromatic nitrogens is 2. The Morgan fingerprint density at radius 1 is 1.14 bits per heavy atom. The van der Waals surface area contributed by atoms with Crippen LogP contribution in [0, 0.1) is 6.92 Å². The zero-order valence-electron chi connectivity index (χ0n) is 21.5. The van der Waals surface area contributed by atoms with Crippen LogP contribution in [0.3, 0.4) is 0 Å². The number of hydrogen-bond acceptors (Lipinski definition) is 7. The number of aryl methyl sites for hydroxylation is 1. The van der Waals surface area contributed by atoms with Gasteiger partial charge in [-0.3, -0.25) is 4.79 Å². The molecule has 35 heavy (non-hydrogen) atoms. The first kappa shape index (κ1) is 26.9. The topological polar surface area (TPSA) is 74.5 Å². The van der Waals surface area contributed by atoms with Crippen LogP contribution >= 0.6 is 11.5 Å². The molecular formula is C27H39N5O2S. The molecule has 0 aliphatic rings. The third kappa shape index (κ3) is 9.11. The number of amides is 1. The van der Waals surface area contributed by atoms with Crippen LogP contribution in [-0.4, -0.2) is 52.4 Å². The minimum atomic E-state index is 0.0641. The second-order valence-corrected chi connectivity index (χ2v) is 9.77. The zero-order valence-corrected chi connectivity index (χ0v) is 22.3. The Morgan fingerprint density at radius 2 is 1.91 bits per heavy atom. The Balaban J connectivity index is 1.54. The summed E-state index contributed by atoms with van der Waals surface area (Å²) in [5.74, 6) is 1.70. The van der Waals surface area contributed by atoms with E-state index >= 15 is 0 Å². The molecule has 0 bridgehead atoms. The molecule has 190 valence electrons. The number of hydrogen-bond donors (Lipinski definition) is 1. The fraction of sp³-hybridized carbons (Fsp3) is 0.519. The van der Waals surface area contributed by atoms with Crippen molar-refractivity contribution >= 4 is 22.6 Å². The Labute approximate surface area is 213 Å². The fourth-order valence-electron chi connectivity index (χ4n) is 3.98. The van der Waals surface area contributed by atoms with Gasteiger partial charge in [0.2, 0.25) is 11.0 Å². The molecule has 1 N–H and O–H groups in total. The van der Waals surface area contributed by atoms with E-state index in [1.165, 1.54) is 22.7 Å². The monoisotopic (exact) mass is 497 g/mol. The van der Waals surface area contributed by atoms with Gasteiger partial charge in [0.25, 0.3) is 0 Å². The van der Waals surface area contributed by atoms with Gasteiger partial charge in [0.1, 0.15) is 11.6 Å². The van der Waals surface area contributed by atoms with E-state index in [2.05, 4.69) is 71.5 Å². The van der Waals surface area contributed by atoms with Gasteiger partial charge in [-0.25, -0.2) is 4.98 Å². The standard InChI is InChI=1S/C27H39N5O2S/c1-5-31(6-2)16-7-9-22(4)28-26(33)15-17-32(20-24-10-8-18-34-24)27-29-25(30-35-27)19-23-13-11-21(3)12-14-23/h8,10-14,18,22H,5-7,9,15-17,19-20H2,1-4H3,(H,28,33). The highest BCUT2D eigenvalue weighted by atomic mass is 32.1. The summed E-state index contributed by atoms with van der Waals surface area (Å²) in [6.45, 7) is 12.9. The summed E-state index contributed by atoms with van der Waals surface area (Å²) < 4.78 is 10.1. The van der Waals surface area contributed by atoms with Crippen molar-refractivity contribution < 1.29 is 9.21 Å². The summed E-state index contributed by atoms with van der Waals surface area (Å²) in [5.41, 5.74) is 2.42. The third-order valence-corrected chi connectivity index (χ3v) is 6.97. The van der Waals surface area contributed by atoms with Gasteiger partial charge in [-0.05, 0) is 64.0 Å². The maximum Gasteiger partial charge on any atom is 0.221 e. The molecule has 3 rings (SSSR count).